The first kappa shape index (κ1) is 24.7. The van der Waals surface area contributed by atoms with Crippen LogP contribution in [0.4, 0.5) is 11.4 Å². The second-order valence-corrected chi connectivity index (χ2v) is 10.1. The normalized spacial score (nSPS) is 14.9. The molecule has 0 atom stereocenters. The molecule has 0 saturated carbocycles. The molecule has 0 aromatic heterocycles. The largest absolute Gasteiger partial charge is 0.369 e. The molecular formula is C24H32N4O4S. The number of hydrogen-bond donors (Lipinski definition) is 2. The summed E-state index contributed by atoms with van der Waals surface area (Å²) in [7, 11) is -3.77. The quantitative estimate of drug-likeness (QED) is 0.643. The van der Waals surface area contributed by atoms with Crippen molar-refractivity contribution in [3.8, 4) is 0 Å². The van der Waals surface area contributed by atoms with Crippen LogP contribution in [0.2, 0.25) is 0 Å². The summed E-state index contributed by atoms with van der Waals surface area (Å²) in [6.45, 7) is 8.31. The van der Waals surface area contributed by atoms with Gasteiger partial charge >= 0.3 is 0 Å². The van der Waals surface area contributed by atoms with Crippen LogP contribution in [-0.4, -0.2) is 50.8 Å². The van der Waals surface area contributed by atoms with E-state index >= 15 is 0 Å². The van der Waals surface area contributed by atoms with E-state index in [1.165, 1.54) is 24.3 Å². The fourth-order valence-electron chi connectivity index (χ4n) is 4.14. The van der Waals surface area contributed by atoms with Crippen LogP contribution in [0.1, 0.15) is 44.0 Å². The Balaban J connectivity index is 1.54. The molecule has 9 heteroatoms. The summed E-state index contributed by atoms with van der Waals surface area (Å²) >= 11 is 0. The van der Waals surface area contributed by atoms with Gasteiger partial charge in [0.2, 0.25) is 15.9 Å². The number of nitrogens with zero attached hydrogens (tertiary/aromatic N) is 2. The van der Waals surface area contributed by atoms with Crippen LogP contribution in [0.5, 0.6) is 0 Å². The first-order valence-corrected chi connectivity index (χ1v) is 12.7. The molecule has 0 aliphatic carbocycles. The van der Waals surface area contributed by atoms with E-state index in [-0.39, 0.29) is 22.6 Å². The average molecular weight is 473 g/mol. The predicted octanol–water partition coefficient (Wildman–Crippen LogP) is 3.06. The Kier molecular flexibility index (Phi) is 7.76. The number of sulfonamides is 1. The third-order valence-electron chi connectivity index (χ3n) is 6.01. The second kappa shape index (κ2) is 10.4. The number of nitrogens with two attached hydrogens (primary N) is 1. The van der Waals surface area contributed by atoms with Gasteiger partial charge in [-0.25, -0.2) is 13.6 Å². The number of benzene rings is 2. The number of primary sulfonamides is 1. The number of anilines is 2. The van der Waals surface area contributed by atoms with Crippen LogP contribution in [-0.2, 0) is 14.8 Å². The highest BCUT2D eigenvalue weighted by Gasteiger charge is 2.28. The molecule has 1 aliphatic rings. The lowest BCUT2D eigenvalue weighted by atomic mass is 9.95. The monoisotopic (exact) mass is 472 g/mol. The van der Waals surface area contributed by atoms with Gasteiger partial charge in [0.05, 0.1) is 4.90 Å². The molecule has 0 unspecified atom stereocenters. The van der Waals surface area contributed by atoms with Gasteiger partial charge in [0.15, 0.2) is 0 Å². The molecule has 8 nitrogen and oxygen atoms in total. The van der Waals surface area contributed by atoms with E-state index in [0.29, 0.717) is 43.2 Å². The van der Waals surface area contributed by atoms with Crippen LogP contribution in [0.25, 0.3) is 0 Å². The Bertz CT molecular complexity index is 1070. The molecule has 0 spiro atoms. The SMILES string of the molecule is CCN(c1ccc(C(=O)N2CCC(C(=O)Nc3ccc(S(N)(=O)=O)cc3)CC2)cc1)C(C)C. The maximum atomic E-state index is 12.9. The summed E-state index contributed by atoms with van der Waals surface area (Å²) in [6, 6.07) is 13.8. The van der Waals surface area contributed by atoms with E-state index in [2.05, 4.69) is 31.0 Å². The van der Waals surface area contributed by atoms with Gasteiger partial charge in [-0.3, -0.25) is 9.59 Å². The van der Waals surface area contributed by atoms with E-state index in [9.17, 15) is 18.0 Å². The van der Waals surface area contributed by atoms with E-state index in [0.717, 1.165) is 12.2 Å². The van der Waals surface area contributed by atoms with Crippen molar-refractivity contribution in [1.29, 1.82) is 0 Å². The molecule has 2 amide bonds. The number of carbonyl (C=O) groups is 2. The lowest BCUT2D eigenvalue weighted by Crippen LogP contribution is -2.41. The molecule has 0 bridgehead atoms. The average Bonchev–Trinajstić information content (AvgIpc) is 2.79. The zero-order valence-electron chi connectivity index (χ0n) is 19.3. The standard InChI is InChI=1S/C24H32N4O4S/c1-4-28(17(2)3)21-9-5-19(6-10-21)24(30)27-15-13-18(14-16-27)23(29)26-20-7-11-22(12-8-20)33(25,31)32/h5-12,17-18H,4,13-16H2,1-3H3,(H,26,29)(H2,25,31,32). The fourth-order valence-corrected chi connectivity index (χ4v) is 4.66. The van der Waals surface area contributed by atoms with Crippen LogP contribution in [0.3, 0.4) is 0 Å². The zero-order chi connectivity index (χ0) is 24.2. The molecule has 3 rings (SSSR count). The number of rotatable bonds is 7. The van der Waals surface area contributed by atoms with Crippen molar-refractivity contribution in [3.63, 3.8) is 0 Å². The van der Waals surface area contributed by atoms with Crippen LogP contribution < -0.4 is 15.4 Å². The highest BCUT2D eigenvalue weighted by atomic mass is 32.2. The maximum Gasteiger partial charge on any atom is 0.253 e. The van der Waals surface area contributed by atoms with Crippen LogP contribution in [0, 0.1) is 5.92 Å². The molecule has 0 radical (unpaired) electrons. The molecule has 2 aromatic carbocycles. The van der Waals surface area contributed by atoms with Gasteiger partial charge < -0.3 is 15.1 Å². The summed E-state index contributed by atoms with van der Waals surface area (Å²) in [5.41, 5.74) is 2.25. The van der Waals surface area contributed by atoms with Crippen molar-refractivity contribution in [3.05, 3.63) is 54.1 Å². The Morgan fingerprint density at radius 2 is 1.64 bits per heavy atom. The number of amides is 2. The van der Waals surface area contributed by atoms with Crippen molar-refractivity contribution in [2.45, 2.75) is 44.6 Å². The topological polar surface area (TPSA) is 113 Å². The maximum absolute atomic E-state index is 12.9. The molecule has 1 saturated heterocycles. The molecule has 178 valence electrons. The molecule has 33 heavy (non-hydrogen) atoms. The van der Waals surface area contributed by atoms with Gasteiger partial charge in [0.25, 0.3) is 5.91 Å². The lowest BCUT2D eigenvalue weighted by Gasteiger charge is -2.32. The van der Waals surface area contributed by atoms with Gasteiger partial charge in [0.1, 0.15) is 0 Å². The van der Waals surface area contributed by atoms with Gasteiger partial charge in [-0.1, -0.05) is 0 Å². The van der Waals surface area contributed by atoms with E-state index < -0.39 is 10.0 Å². The van der Waals surface area contributed by atoms with Crippen molar-refractivity contribution in [1.82, 2.24) is 4.90 Å². The van der Waals surface area contributed by atoms with E-state index in [1.54, 1.807) is 4.90 Å². The molecule has 2 aromatic rings. The number of piperidine rings is 1. The molecule has 1 fully saturated rings. The summed E-state index contributed by atoms with van der Waals surface area (Å²) in [4.78, 5) is 29.6. The lowest BCUT2D eigenvalue weighted by molar-refractivity contribution is -0.121. The Labute approximate surface area is 195 Å². The molecule has 1 aliphatic heterocycles. The van der Waals surface area contributed by atoms with Gasteiger partial charge in [-0.15, -0.1) is 0 Å². The summed E-state index contributed by atoms with van der Waals surface area (Å²) in [5.74, 6) is -0.367. The number of hydrogen-bond acceptors (Lipinski definition) is 5. The van der Waals surface area contributed by atoms with Crippen molar-refractivity contribution < 1.29 is 18.0 Å². The third-order valence-corrected chi connectivity index (χ3v) is 6.94. The van der Waals surface area contributed by atoms with E-state index in [4.69, 9.17) is 5.14 Å². The second-order valence-electron chi connectivity index (χ2n) is 8.55. The van der Waals surface area contributed by atoms with Crippen molar-refractivity contribution >= 4 is 33.2 Å². The third kappa shape index (κ3) is 6.11. The van der Waals surface area contributed by atoms with Gasteiger partial charge in [0, 0.05) is 48.5 Å². The summed E-state index contributed by atoms with van der Waals surface area (Å²) < 4.78 is 22.7. The summed E-state index contributed by atoms with van der Waals surface area (Å²) in [6.07, 6.45) is 1.14. The van der Waals surface area contributed by atoms with E-state index in [1.807, 2.05) is 24.3 Å². The smallest absolute Gasteiger partial charge is 0.253 e. The Morgan fingerprint density at radius 1 is 1.06 bits per heavy atom. The number of nitrogens with one attached hydrogen (secondary N) is 1. The minimum absolute atomic E-state index is 0.00744. The van der Waals surface area contributed by atoms with Crippen LogP contribution in [0.15, 0.2) is 53.4 Å². The highest BCUT2D eigenvalue weighted by molar-refractivity contribution is 7.89. The molecular weight excluding hydrogens is 440 g/mol. The highest BCUT2D eigenvalue weighted by Crippen LogP contribution is 2.23. The fraction of sp³-hybridized carbons (Fsp3) is 0.417. The van der Waals surface area contributed by atoms with Crippen molar-refractivity contribution in [2.75, 3.05) is 29.9 Å². The van der Waals surface area contributed by atoms with Crippen molar-refractivity contribution in [2.24, 2.45) is 11.1 Å². The summed E-state index contributed by atoms with van der Waals surface area (Å²) in [5, 5.41) is 7.91. The minimum atomic E-state index is -3.77. The Morgan fingerprint density at radius 3 is 2.12 bits per heavy atom. The first-order valence-electron chi connectivity index (χ1n) is 11.2. The van der Waals surface area contributed by atoms with Gasteiger partial charge in [-0.05, 0) is 82.1 Å². The Hall–Kier alpha value is -2.91. The predicted molar refractivity (Wildman–Crippen MR) is 130 cm³/mol. The molecule has 1 heterocycles. The van der Waals surface area contributed by atoms with Crippen LogP contribution >= 0.6 is 0 Å². The first-order chi connectivity index (χ1) is 15.6. The zero-order valence-corrected chi connectivity index (χ0v) is 20.1. The number of likely N-dealkylation sites (tertiary alicyclic amines) is 1. The molecule has 3 N–H and O–H groups in total. The minimum Gasteiger partial charge on any atom is -0.369 e. The van der Waals surface area contributed by atoms with Gasteiger partial charge in [-0.2, -0.15) is 0 Å². The number of carbonyl (C=O) groups excluding carboxylic acids is 2.